The Bertz CT molecular complexity index is 920. The molecule has 1 fully saturated rings. The number of benzene rings is 1. The summed E-state index contributed by atoms with van der Waals surface area (Å²) in [5, 5.41) is 7.98. The van der Waals surface area contributed by atoms with Gasteiger partial charge in [-0.3, -0.25) is 4.79 Å². The van der Waals surface area contributed by atoms with E-state index in [4.69, 9.17) is 0 Å². The van der Waals surface area contributed by atoms with Crippen molar-refractivity contribution in [3.8, 4) is 0 Å². The van der Waals surface area contributed by atoms with Crippen LogP contribution >= 0.6 is 11.3 Å². The third-order valence-electron chi connectivity index (χ3n) is 4.91. The molecule has 0 radical (unpaired) electrons. The lowest BCUT2D eigenvalue weighted by atomic mass is 9.87. The summed E-state index contributed by atoms with van der Waals surface area (Å²) in [5.41, 5.74) is 0.437. The Balaban J connectivity index is 1.93. The Hall–Kier alpha value is -2.13. The Morgan fingerprint density at radius 3 is 2.70 bits per heavy atom. The van der Waals surface area contributed by atoms with Gasteiger partial charge in [-0.05, 0) is 35.2 Å². The van der Waals surface area contributed by atoms with Crippen LogP contribution in [0.15, 0.2) is 39.8 Å². The average Bonchev–Trinajstić information content (AvgIpc) is 3.32. The zero-order chi connectivity index (χ0) is 19.4. The number of carbonyl (C=O) groups is 1. The highest BCUT2D eigenvalue weighted by Gasteiger charge is 2.28. The fourth-order valence-corrected chi connectivity index (χ4v) is 4.91. The van der Waals surface area contributed by atoms with Gasteiger partial charge in [0.1, 0.15) is 5.69 Å². The van der Waals surface area contributed by atoms with Crippen LogP contribution in [0, 0.1) is 10.8 Å². The largest absolute Gasteiger partial charge is 0.301 e. The van der Waals surface area contributed by atoms with Crippen molar-refractivity contribution in [3.05, 3.63) is 40.2 Å². The molecule has 1 unspecified atom stereocenters. The summed E-state index contributed by atoms with van der Waals surface area (Å²) in [7, 11) is -3.57. The number of aromatic nitrogens is 1. The summed E-state index contributed by atoms with van der Waals surface area (Å²) in [6.07, 6.45) is 7.74. The second kappa shape index (κ2) is 8.26. The molecule has 1 aromatic carbocycles. The van der Waals surface area contributed by atoms with Crippen molar-refractivity contribution in [2.45, 2.75) is 42.9 Å². The van der Waals surface area contributed by atoms with E-state index >= 15 is 0 Å². The molecule has 2 aromatic rings. The van der Waals surface area contributed by atoms with Crippen molar-refractivity contribution < 1.29 is 13.2 Å². The van der Waals surface area contributed by atoms with Crippen LogP contribution in [-0.4, -0.2) is 25.6 Å². The Morgan fingerprint density at radius 1 is 1.37 bits per heavy atom. The number of rotatable bonds is 7. The van der Waals surface area contributed by atoms with Gasteiger partial charge in [-0.1, -0.05) is 31.7 Å². The van der Waals surface area contributed by atoms with Crippen LogP contribution in [0.25, 0.3) is 0 Å². The van der Waals surface area contributed by atoms with Crippen LogP contribution in [0.5, 0.6) is 0 Å². The fraction of sp³-hybridized carbons (Fsp3) is 0.444. The van der Waals surface area contributed by atoms with Gasteiger partial charge in [0.05, 0.1) is 10.8 Å². The first-order chi connectivity index (χ1) is 12.9. The van der Waals surface area contributed by atoms with Crippen molar-refractivity contribution in [2.75, 3.05) is 11.6 Å². The van der Waals surface area contributed by atoms with E-state index in [0.717, 1.165) is 31.9 Å². The minimum atomic E-state index is -3.57. The molecule has 144 valence electrons. The van der Waals surface area contributed by atoms with Crippen molar-refractivity contribution in [3.63, 3.8) is 0 Å². The van der Waals surface area contributed by atoms with Crippen molar-refractivity contribution in [2.24, 2.45) is 11.1 Å². The normalized spacial score (nSPS) is 16.2. The quantitative estimate of drug-likeness (QED) is 0.691. The van der Waals surface area contributed by atoms with Crippen LogP contribution < -0.4 is 5.32 Å². The maximum Gasteiger partial charge on any atom is 0.233 e. The van der Waals surface area contributed by atoms with Crippen molar-refractivity contribution in [1.29, 1.82) is 0 Å². The topological polar surface area (TPSA) is 106 Å². The molecular weight excluding hydrogens is 386 g/mol. The lowest BCUT2D eigenvalue weighted by molar-refractivity contribution is -0.118. The lowest BCUT2D eigenvalue weighted by Crippen LogP contribution is -2.23. The first kappa shape index (κ1) is 19.6. The third kappa shape index (κ3) is 4.78. The standard InChI is InChI=1S/C18H21N3O4S2/c1-27(24,25)16-7-6-13(11-15(16)21-23)14(10-12-4-2-3-5-12)17(22)20-18-19-8-9-26-18/h6-9,11-12,14H,2-5,10H2,1H3,(H,19,20,22). The second-order valence-corrected chi connectivity index (χ2v) is 9.73. The smallest absolute Gasteiger partial charge is 0.233 e. The third-order valence-corrected chi connectivity index (χ3v) is 6.74. The average molecular weight is 408 g/mol. The van der Waals surface area contributed by atoms with E-state index in [2.05, 4.69) is 15.5 Å². The van der Waals surface area contributed by atoms with E-state index in [1.54, 1.807) is 17.6 Å². The number of thiazole rings is 1. The molecule has 1 heterocycles. The maximum absolute atomic E-state index is 12.9. The monoisotopic (exact) mass is 407 g/mol. The van der Waals surface area contributed by atoms with Gasteiger partial charge in [0.15, 0.2) is 15.0 Å². The van der Waals surface area contributed by atoms with Gasteiger partial charge in [-0.25, -0.2) is 13.4 Å². The molecule has 0 bridgehead atoms. The van der Waals surface area contributed by atoms with Crippen LogP contribution in [0.2, 0.25) is 0 Å². The number of carbonyl (C=O) groups excluding carboxylic acids is 1. The van der Waals surface area contributed by atoms with E-state index in [0.29, 0.717) is 23.0 Å². The number of hydrogen-bond donors (Lipinski definition) is 1. The molecule has 1 aromatic heterocycles. The van der Waals surface area contributed by atoms with Gasteiger partial charge in [0, 0.05) is 17.8 Å². The molecular formula is C18H21N3O4S2. The maximum atomic E-state index is 12.9. The molecule has 1 amide bonds. The highest BCUT2D eigenvalue weighted by molar-refractivity contribution is 7.90. The van der Waals surface area contributed by atoms with Gasteiger partial charge in [-0.2, -0.15) is 0 Å². The number of amides is 1. The van der Waals surface area contributed by atoms with Gasteiger partial charge in [0.25, 0.3) is 0 Å². The van der Waals surface area contributed by atoms with Crippen molar-refractivity contribution >= 4 is 37.9 Å². The Morgan fingerprint density at radius 2 is 2.11 bits per heavy atom. The van der Waals surface area contributed by atoms with Gasteiger partial charge >= 0.3 is 0 Å². The van der Waals surface area contributed by atoms with E-state index in [-0.39, 0.29) is 16.5 Å². The number of nitrogens with zero attached hydrogens (tertiary/aromatic N) is 2. The lowest BCUT2D eigenvalue weighted by Gasteiger charge is -2.20. The highest BCUT2D eigenvalue weighted by atomic mass is 32.2. The summed E-state index contributed by atoms with van der Waals surface area (Å²) in [5.74, 6) is -0.272. The molecule has 27 heavy (non-hydrogen) atoms. The minimum absolute atomic E-state index is 0.124. The number of hydrogen-bond acceptors (Lipinski definition) is 7. The molecule has 1 aliphatic rings. The van der Waals surface area contributed by atoms with Crippen LogP contribution in [-0.2, 0) is 14.6 Å². The molecule has 1 saturated carbocycles. The molecule has 9 heteroatoms. The summed E-state index contributed by atoms with van der Waals surface area (Å²) in [6, 6.07) is 4.39. The first-order valence-electron chi connectivity index (χ1n) is 8.76. The number of nitroso groups, excluding NO2 is 1. The predicted molar refractivity (Wildman–Crippen MR) is 105 cm³/mol. The Kier molecular flexibility index (Phi) is 6.01. The van der Waals surface area contributed by atoms with Crippen LogP contribution in [0.4, 0.5) is 10.8 Å². The summed E-state index contributed by atoms with van der Waals surface area (Å²) in [4.78, 5) is 28.1. The van der Waals surface area contributed by atoms with Gasteiger partial charge in [0.2, 0.25) is 5.91 Å². The molecule has 0 saturated heterocycles. The van der Waals surface area contributed by atoms with Gasteiger partial charge in [-0.15, -0.1) is 16.2 Å². The molecule has 1 atom stereocenters. The molecule has 0 aliphatic heterocycles. The predicted octanol–water partition coefficient (Wildman–Crippen LogP) is 4.25. The summed E-state index contributed by atoms with van der Waals surface area (Å²) < 4.78 is 23.7. The van der Waals surface area contributed by atoms with Crippen LogP contribution in [0.3, 0.4) is 0 Å². The van der Waals surface area contributed by atoms with E-state index < -0.39 is 15.8 Å². The van der Waals surface area contributed by atoms with E-state index in [1.165, 1.54) is 23.5 Å². The SMILES string of the molecule is CS(=O)(=O)c1ccc(C(CC2CCCC2)C(=O)Nc2nccs2)cc1N=O. The van der Waals surface area contributed by atoms with Gasteiger partial charge < -0.3 is 5.32 Å². The number of nitrogens with one attached hydrogen (secondary N) is 1. The zero-order valence-corrected chi connectivity index (χ0v) is 16.6. The first-order valence-corrected chi connectivity index (χ1v) is 11.5. The molecule has 3 rings (SSSR count). The highest BCUT2D eigenvalue weighted by Crippen LogP contribution is 2.37. The number of sulfone groups is 1. The van der Waals surface area contributed by atoms with E-state index in [1.807, 2.05) is 0 Å². The number of anilines is 1. The second-order valence-electron chi connectivity index (χ2n) is 6.86. The molecule has 1 N–H and O–H groups in total. The Labute approximate surface area is 162 Å². The fourth-order valence-electron chi connectivity index (χ4n) is 3.59. The zero-order valence-electron chi connectivity index (χ0n) is 14.9. The van der Waals surface area contributed by atoms with Crippen molar-refractivity contribution in [1.82, 2.24) is 4.98 Å². The molecule has 0 spiro atoms. The summed E-state index contributed by atoms with van der Waals surface area (Å²) >= 11 is 1.33. The minimum Gasteiger partial charge on any atom is -0.301 e. The summed E-state index contributed by atoms with van der Waals surface area (Å²) in [6.45, 7) is 0. The van der Waals surface area contributed by atoms with Crippen LogP contribution in [0.1, 0.15) is 43.6 Å². The molecule has 1 aliphatic carbocycles. The molecule has 7 nitrogen and oxygen atoms in total. The van der Waals surface area contributed by atoms with E-state index in [9.17, 15) is 18.1 Å².